The lowest BCUT2D eigenvalue weighted by Gasteiger charge is -2.34. The first kappa shape index (κ1) is 12.8. The van der Waals surface area contributed by atoms with Gasteiger partial charge in [-0.2, -0.15) is 0 Å². The van der Waals surface area contributed by atoms with Crippen LogP contribution in [-0.4, -0.2) is 29.3 Å². The molecule has 1 aliphatic rings. The second-order valence-electron chi connectivity index (χ2n) is 4.83. The van der Waals surface area contributed by atoms with Crippen LogP contribution in [0.15, 0.2) is 16.7 Å². The molecule has 2 heterocycles. The summed E-state index contributed by atoms with van der Waals surface area (Å²) < 4.78 is 1.09. The van der Waals surface area contributed by atoms with E-state index in [0.717, 1.165) is 36.2 Å². The highest BCUT2D eigenvalue weighted by molar-refractivity contribution is 9.10. The van der Waals surface area contributed by atoms with Crippen molar-refractivity contribution >= 4 is 21.7 Å². The Morgan fingerprint density at radius 3 is 2.71 bits per heavy atom. The van der Waals surface area contributed by atoms with Gasteiger partial charge in [-0.05, 0) is 60.2 Å². The van der Waals surface area contributed by atoms with E-state index in [-0.39, 0.29) is 6.10 Å². The molecule has 1 fully saturated rings. The van der Waals surface area contributed by atoms with Crippen LogP contribution in [-0.2, 0) is 0 Å². The van der Waals surface area contributed by atoms with Crippen molar-refractivity contribution in [1.29, 1.82) is 0 Å². The smallest absolute Gasteiger partial charge is 0.143 e. The fraction of sp³-hybridized carbons (Fsp3) is 0.615. The first-order valence-corrected chi connectivity index (χ1v) is 6.93. The van der Waals surface area contributed by atoms with Gasteiger partial charge in [0, 0.05) is 19.3 Å². The summed E-state index contributed by atoms with van der Waals surface area (Å²) in [6.07, 6.45) is 3.75. The van der Waals surface area contributed by atoms with Crippen molar-refractivity contribution in [3.05, 3.63) is 22.3 Å². The molecule has 1 N–H and O–H groups in total. The zero-order valence-electron chi connectivity index (χ0n) is 10.4. The molecule has 0 bridgehead atoms. The van der Waals surface area contributed by atoms with E-state index in [1.54, 1.807) is 0 Å². The quantitative estimate of drug-likeness (QED) is 0.912. The maximum Gasteiger partial charge on any atom is 0.143 e. The lowest BCUT2D eigenvalue weighted by molar-refractivity contribution is 0.109. The summed E-state index contributed by atoms with van der Waals surface area (Å²) in [5.74, 6) is 1.48. The van der Waals surface area contributed by atoms with Crippen molar-refractivity contribution in [3.8, 4) is 0 Å². The Labute approximate surface area is 111 Å². The van der Waals surface area contributed by atoms with Crippen molar-refractivity contribution in [1.82, 2.24) is 4.98 Å². The molecule has 0 radical (unpaired) electrons. The highest BCUT2D eigenvalue weighted by Crippen LogP contribution is 2.30. The fourth-order valence-electron chi connectivity index (χ4n) is 2.34. The van der Waals surface area contributed by atoms with Crippen LogP contribution < -0.4 is 4.90 Å². The standard InChI is InChI=1S/C13H19BrN2O/c1-9-3-6-15-13(12(9)14)16-7-4-11(5-8-16)10(2)17/h3,6,10-11,17H,4-5,7-8H2,1-2H3. The van der Waals surface area contributed by atoms with Crippen LogP contribution in [0.1, 0.15) is 25.3 Å². The van der Waals surface area contributed by atoms with E-state index >= 15 is 0 Å². The third-order valence-corrected chi connectivity index (χ3v) is 4.57. The van der Waals surface area contributed by atoms with Gasteiger partial charge in [0.2, 0.25) is 0 Å². The number of halogens is 1. The normalized spacial score (nSPS) is 19.4. The number of rotatable bonds is 2. The Morgan fingerprint density at radius 2 is 2.12 bits per heavy atom. The van der Waals surface area contributed by atoms with Crippen LogP contribution in [0, 0.1) is 12.8 Å². The number of nitrogens with zero attached hydrogens (tertiary/aromatic N) is 2. The van der Waals surface area contributed by atoms with Crippen LogP contribution in [0.4, 0.5) is 5.82 Å². The third kappa shape index (κ3) is 2.80. The molecule has 0 amide bonds. The van der Waals surface area contributed by atoms with E-state index in [1.165, 1.54) is 5.56 Å². The van der Waals surface area contributed by atoms with E-state index in [9.17, 15) is 5.11 Å². The molecule has 0 aliphatic carbocycles. The van der Waals surface area contributed by atoms with Crippen LogP contribution in [0.25, 0.3) is 0 Å². The highest BCUT2D eigenvalue weighted by Gasteiger charge is 2.24. The summed E-state index contributed by atoms with van der Waals surface area (Å²) in [6.45, 7) is 5.92. The molecule has 1 aromatic heterocycles. The van der Waals surface area contributed by atoms with E-state index < -0.39 is 0 Å². The zero-order valence-corrected chi connectivity index (χ0v) is 11.9. The molecule has 0 spiro atoms. The molecule has 1 saturated heterocycles. The SMILES string of the molecule is Cc1ccnc(N2CCC(C(C)O)CC2)c1Br. The number of aromatic nitrogens is 1. The van der Waals surface area contributed by atoms with E-state index in [0.29, 0.717) is 5.92 Å². The van der Waals surface area contributed by atoms with Crippen molar-refractivity contribution in [3.63, 3.8) is 0 Å². The van der Waals surface area contributed by atoms with Crippen molar-refractivity contribution in [2.75, 3.05) is 18.0 Å². The largest absolute Gasteiger partial charge is 0.393 e. The van der Waals surface area contributed by atoms with Gasteiger partial charge >= 0.3 is 0 Å². The molecular formula is C13H19BrN2O. The molecule has 1 aliphatic heterocycles. The van der Waals surface area contributed by atoms with Crippen molar-refractivity contribution in [2.45, 2.75) is 32.8 Å². The molecule has 17 heavy (non-hydrogen) atoms. The fourth-order valence-corrected chi connectivity index (χ4v) is 2.83. The van der Waals surface area contributed by atoms with Gasteiger partial charge in [-0.25, -0.2) is 4.98 Å². The average Bonchev–Trinajstić information content (AvgIpc) is 2.33. The molecule has 0 aromatic carbocycles. The zero-order chi connectivity index (χ0) is 12.4. The van der Waals surface area contributed by atoms with E-state index in [2.05, 4.69) is 32.7 Å². The summed E-state index contributed by atoms with van der Waals surface area (Å²) in [5, 5.41) is 9.59. The average molecular weight is 299 g/mol. The van der Waals surface area contributed by atoms with Gasteiger partial charge in [-0.3, -0.25) is 0 Å². The van der Waals surface area contributed by atoms with Gasteiger partial charge in [0.1, 0.15) is 5.82 Å². The van der Waals surface area contributed by atoms with Crippen LogP contribution >= 0.6 is 15.9 Å². The van der Waals surface area contributed by atoms with Gasteiger partial charge in [-0.1, -0.05) is 0 Å². The Hall–Kier alpha value is -0.610. The Bertz CT molecular complexity index is 387. The second kappa shape index (κ2) is 5.36. The number of piperidine rings is 1. The summed E-state index contributed by atoms with van der Waals surface area (Å²) in [7, 11) is 0. The summed E-state index contributed by atoms with van der Waals surface area (Å²) in [6, 6.07) is 2.01. The summed E-state index contributed by atoms with van der Waals surface area (Å²) in [5.41, 5.74) is 1.22. The second-order valence-corrected chi connectivity index (χ2v) is 5.62. The number of aliphatic hydroxyl groups is 1. The monoisotopic (exact) mass is 298 g/mol. The summed E-state index contributed by atoms with van der Waals surface area (Å²) >= 11 is 3.61. The minimum atomic E-state index is -0.189. The third-order valence-electron chi connectivity index (χ3n) is 3.59. The van der Waals surface area contributed by atoms with Crippen molar-refractivity contribution in [2.24, 2.45) is 5.92 Å². The molecule has 1 unspecified atom stereocenters. The highest BCUT2D eigenvalue weighted by atomic mass is 79.9. The summed E-state index contributed by atoms with van der Waals surface area (Å²) in [4.78, 5) is 6.75. The predicted octanol–water partition coefficient (Wildman–Crippen LogP) is 2.75. The molecule has 0 saturated carbocycles. The number of hydrogen-bond donors (Lipinski definition) is 1. The Morgan fingerprint density at radius 1 is 1.47 bits per heavy atom. The molecule has 1 aromatic rings. The Balaban J connectivity index is 2.08. The van der Waals surface area contributed by atoms with Crippen LogP contribution in [0.3, 0.4) is 0 Å². The molecule has 4 heteroatoms. The minimum absolute atomic E-state index is 0.189. The van der Waals surface area contributed by atoms with Gasteiger partial charge < -0.3 is 10.0 Å². The maximum absolute atomic E-state index is 9.59. The minimum Gasteiger partial charge on any atom is -0.393 e. The number of anilines is 1. The van der Waals surface area contributed by atoms with Crippen molar-refractivity contribution < 1.29 is 5.11 Å². The maximum atomic E-state index is 9.59. The number of aliphatic hydroxyl groups excluding tert-OH is 1. The van der Waals surface area contributed by atoms with E-state index in [1.807, 2.05) is 19.2 Å². The van der Waals surface area contributed by atoms with Crippen LogP contribution in [0.5, 0.6) is 0 Å². The first-order chi connectivity index (χ1) is 8.09. The lowest BCUT2D eigenvalue weighted by Crippen LogP contribution is -2.37. The topological polar surface area (TPSA) is 36.4 Å². The number of hydrogen-bond acceptors (Lipinski definition) is 3. The van der Waals surface area contributed by atoms with Gasteiger partial charge in [0.25, 0.3) is 0 Å². The van der Waals surface area contributed by atoms with E-state index in [4.69, 9.17) is 0 Å². The number of pyridine rings is 1. The molecular weight excluding hydrogens is 280 g/mol. The number of aryl methyl sites for hydroxylation is 1. The predicted molar refractivity (Wildman–Crippen MR) is 73.3 cm³/mol. The molecule has 94 valence electrons. The first-order valence-electron chi connectivity index (χ1n) is 6.13. The lowest BCUT2D eigenvalue weighted by atomic mass is 9.92. The van der Waals surface area contributed by atoms with Crippen LogP contribution in [0.2, 0.25) is 0 Å². The Kier molecular flexibility index (Phi) is 4.05. The molecule has 1 atom stereocenters. The van der Waals surface area contributed by atoms with Gasteiger partial charge in [0.15, 0.2) is 0 Å². The van der Waals surface area contributed by atoms with Gasteiger partial charge in [-0.15, -0.1) is 0 Å². The van der Waals surface area contributed by atoms with Gasteiger partial charge in [0.05, 0.1) is 10.6 Å². The molecule has 3 nitrogen and oxygen atoms in total. The molecule has 2 rings (SSSR count).